The normalized spacial score (nSPS) is 16.8. The van der Waals surface area contributed by atoms with Crippen molar-refractivity contribution in [3.8, 4) is 5.75 Å². The first-order valence-corrected chi connectivity index (χ1v) is 27.7. The molecule has 0 aromatic heterocycles. The number of hydrogen-bond acceptors (Lipinski definition) is 7. The molecule has 0 radical (unpaired) electrons. The number of rotatable bonds is 24. The van der Waals surface area contributed by atoms with Gasteiger partial charge in [-0.15, -0.1) is 0 Å². The second-order valence-electron chi connectivity index (χ2n) is 20.0. The molecule has 0 heterocycles. The fraction of sp³-hybridized carbons (Fsp3) is 0.547. The lowest BCUT2D eigenvalue weighted by Crippen LogP contribution is -2.66. The standard InChI is InChI=1S/C53H80O7Si2/c1-14-44(36-54)49(55)40(3)51(58-38-43-30-32-45(56-11)33-31-43)41(4)50(57-37-42-24-18-15-19-25-42)39(2)48(60-61(12,13)52(5,6)7)34-35-59-62(53(8,9)10,46-26-20-16-21-27-46)47-28-22-17-23-29-47/h15-33,39-41,44,48-51,54-55H,14,34-38H2,1-13H3/t39-,40-,41-,44+,48-,49+,50-,51-/m0/s1. The van der Waals surface area contributed by atoms with Crippen molar-refractivity contribution in [2.24, 2.45) is 23.7 Å². The van der Waals surface area contributed by atoms with Gasteiger partial charge in [0.05, 0.1) is 44.7 Å². The Morgan fingerprint density at radius 3 is 1.52 bits per heavy atom. The van der Waals surface area contributed by atoms with E-state index in [9.17, 15) is 10.2 Å². The van der Waals surface area contributed by atoms with Gasteiger partial charge in [-0.1, -0.05) is 172 Å². The van der Waals surface area contributed by atoms with Gasteiger partial charge in [0.1, 0.15) is 5.75 Å². The molecule has 0 aliphatic rings. The van der Waals surface area contributed by atoms with E-state index in [0.29, 0.717) is 32.7 Å². The van der Waals surface area contributed by atoms with Crippen molar-refractivity contribution < 1.29 is 33.3 Å². The highest BCUT2D eigenvalue weighted by Gasteiger charge is 2.51. The number of aliphatic hydroxyl groups excluding tert-OH is 2. The summed E-state index contributed by atoms with van der Waals surface area (Å²) in [6.07, 6.45) is -0.410. The molecule has 0 fully saturated rings. The molecule has 0 saturated carbocycles. The molecule has 7 nitrogen and oxygen atoms in total. The third kappa shape index (κ3) is 13.0. The van der Waals surface area contributed by atoms with Crippen LogP contribution in [0.5, 0.6) is 5.75 Å². The Hall–Kier alpha value is -3.13. The summed E-state index contributed by atoms with van der Waals surface area (Å²) in [4.78, 5) is 0. The van der Waals surface area contributed by atoms with E-state index < -0.39 is 28.8 Å². The molecule has 0 aliphatic heterocycles. The van der Waals surface area contributed by atoms with Crippen molar-refractivity contribution in [1.82, 2.24) is 0 Å². The Balaban J connectivity index is 1.80. The lowest BCUT2D eigenvalue weighted by atomic mass is 9.77. The van der Waals surface area contributed by atoms with Crippen LogP contribution in [0.4, 0.5) is 0 Å². The largest absolute Gasteiger partial charge is 0.497 e. The molecule has 0 aliphatic carbocycles. The molecule has 0 unspecified atom stereocenters. The van der Waals surface area contributed by atoms with Gasteiger partial charge < -0.3 is 33.3 Å². The molecule has 4 aromatic carbocycles. The van der Waals surface area contributed by atoms with Crippen LogP contribution in [0.25, 0.3) is 0 Å². The third-order valence-electron chi connectivity index (χ3n) is 13.7. The first-order valence-electron chi connectivity index (χ1n) is 22.9. The van der Waals surface area contributed by atoms with Gasteiger partial charge in [0.15, 0.2) is 8.32 Å². The highest BCUT2D eigenvalue weighted by Crippen LogP contribution is 2.42. The van der Waals surface area contributed by atoms with E-state index in [1.807, 2.05) is 49.4 Å². The summed E-state index contributed by atoms with van der Waals surface area (Å²) < 4.78 is 34.6. The highest BCUT2D eigenvalue weighted by atomic mass is 28.4. The monoisotopic (exact) mass is 885 g/mol. The number of methoxy groups -OCH3 is 1. The maximum absolute atomic E-state index is 11.9. The van der Waals surface area contributed by atoms with E-state index in [-0.39, 0.29) is 52.6 Å². The molecular weight excluding hydrogens is 805 g/mol. The number of ether oxygens (including phenoxy) is 3. The van der Waals surface area contributed by atoms with Gasteiger partial charge in [-0.2, -0.15) is 0 Å². The average Bonchev–Trinajstić information content (AvgIpc) is 3.25. The molecule has 342 valence electrons. The van der Waals surface area contributed by atoms with Crippen LogP contribution in [-0.4, -0.2) is 71.6 Å². The minimum absolute atomic E-state index is 0.0298. The van der Waals surface area contributed by atoms with Crippen molar-refractivity contribution in [2.75, 3.05) is 20.3 Å². The van der Waals surface area contributed by atoms with Gasteiger partial charge in [-0.05, 0) is 69.6 Å². The molecule has 4 aromatic rings. The molecule has 2 N–H and O–H groups in total. The Labute approximate surface area is 377 Å². The zero-order valence-electron chi connectivity index (χ0n) is 40.3. The molecule has 4 rings (SSSR count). The van der Waals surface area contributed by atoms with Gasteiger partial charge in [0.2, 0.25) is 0 Å². The van der Waals surface area contributed by atoms with Gasteiger partial charge in [-0.25, -0.2) is 0 Å². The van der Waals surface area contributed by atoms with Crippen molar-refractivity contribution >= 4 is 27.0 Å². The molecule has 0 bridgehead atoms. The molecular formula is C53H80O7Si2. The summed E-state index contributed by atoms with van der Waals surface area (Å²) >= 11 is 0. The van der Waals surface area contributed by atoms with Crippen LogP contribution in [-0.2, 0) is 31.5 Å². The van der Waals surface area contributed by atoms with E-state index in [1.54, 1.807) is 7.11 Å². The fourth-order valence-electron chi connectivity index (χ4n) is 8.82. The Bertz CT molecular complexity index is 1800. The number of hydrogen-bond donors (Lipinski definition) is 2. The Morgan fingerprint density at radius 1 is 0.613 bits per heavy atom. The van der Waals surface area contributed by atoms with Gasteiger partial charge in [0, 0.05) is 36.9 Å². The summed E-state index contributed by atoms with van der Waals surface area (Å²) in [7, 11) is -3.48. The molecule has 0 saturated heterocycles. The zero-order chi connectivity index (χ0) is 45.7. The summed E-state index contributed by atoms with van der Waals surface area (Å²) in [6, 6.07) is 39.9. The zero-order valence-corrected chi connectivity index (χ0v) is 42.3. The quantitative estimate of drug-likeness (QED) is 0.0678. The summed E-state index contributed by atoms with van der Waals surface area (Å²) in [5.74, 6) is -0.0869. The maximum Gasteiger partial charge on any atom is 0.261 e. The lowest BCUT2D eigenvalue weighted by Gasteiger charge is -2.46. The van der Waals surface area contributed by atoms with Crippen LogP contribution >= 0.6 is 0 Å². The Kier molecular flexibility index (Phi) is 19.3. The SMILES string of the molecule is CC[C@H](CO)[C@H](O)[C@H](C)[C@H](OCc1ccc(OC)cc1)[C@@H](C)[C@@H](OCc1ccccc1)[C@@H](C)[C@H](CCO[Si](c1ccccc1)(c1ccccc1)C(C)(C)C)O[Si](C)(C)C(C)(C)C. The smallest absolute Gasteiger partial charge is 0.261 e. The van der Waals surface area contributed by atoms with Gasteiger partial charge in [0.25, 0.3) is 8.32 Å². The van der Waals surface area contributed by atoms with E-state index in [2.05, 4.69) is 148 Å². The Morgan fingerprint density at radius 2 is 1.08 bits per heavy atom. The molecule has 8 atom stereocenters. The van der Waals surface area contributed by atoms with Crippen LogP contribution in [0.15, 0.2) is 115 Å². The third-order valence-corrected chi connectivity index (χ3v) is 23.3. The maximum atomic E-state index is 11.9. The van der Waals surface area contributed by atoms with Crippen LogP contribution in [0.2, 0.25) is 23.2 Å². The number of benzene rings is 4. The molecule has 62 heavy (non-hydrogen) atoms. The predicted octanol–water partition coefficient (Wildman–Crippen LogP) is 10.8. The van der Waals surface area contributed by atoms with E-state index in [1.165, 1.54) is 10.4 Å². The van der Waals surface area contributed by atoms with E-state index >= 15 is 0 Å². The highest BCUT2D eigenvalue weighted by molar-refractivity contribution is 6.99. The second-order valence-corrected chi connectivity index (χ2v) is 29.1. The van der Waals surface area contributed by atoms with Crippen LogP contribution in [0, 0.1) is 23.7 Å². The van der Waals surface area contributed by atoms with Gasteiger partial charge in [-0.3, -0.25) is 0 Å². The van der Waals surface area contributed by atoms with Gasteiger partial charge >= 0.3 is 0 Å². The first kappa shape index (κ1) is 51.5. The second kappa shape index (κ2) is 23.2. The fourth-order valence-corrected chi connectivity index (χ4v) is 14.8. The summed E-state index contributed by atoms with van der Waals surface area (Å²) in [5, 5.41) is 24.5. The first-order chi connectivity index (χ1) is 29.3. The minimum Gasteiger partial charge on any atom is -0.497 e. The van der Waals surface area contributed by atoms with Crippen molar-refractivity contribution in [1.29, 1.82) is 0 Å². The van der Waals surface area contributed by atoms with Crippen LogP contribution in [0.1, 0.15) is 93.2 Å². The molecule has 9 heteroatoms. The topological polar surface area (TPSA) is 86.6 Å². The number of aliphatic hydroxyl groups is 2. The van der Waals surface area contributed by atoms with E-state index in [4.69, 9.17) is 23.1 Å². The summed E-state index contributed by atoms with van der Waals surface area (Å²) in [5.41, 5.74) is 2.09. The predicted molar refractivity (Wildman–Crippen MR) is 261 cm³/mol. The average molecular weight is 885 g/mol. The van der Waals surface area contributed by atoms with Crippen molar-refractivity contribution in [3.63, 3.8) is 0 Å². The summed E-state index contributed by atoms with van der Waals surface area (Å²) in [6.45, 7) is 28.2. The van der Waals surface area contributed by atoms with Crippen molar-refractivity contribution in [3.05, 3.63) is 126 Å². The van der Waals surface area contributed by atoms with Crippen LogP contribution in [0.3, 0.4) is 0 Å². The molecule has 0 amide bonds. The van der Waals surface area contributed by atoms with Crippen molar-refractivity contribution in [2.45, 2.75) is 143 Å². The molecule has 0 spiro atoms. The lowest BCUT2D eigenvalue weighted by molar-refractivity contribution is -0.140. The van der Waals surface area contributed by atoms with E-state index in [0.717, 1.165) is 16.9 Å². The minimum atomic E-state index is -2.82. The van der Waals surface area contributed by atoms with Crippen LogP contribution < -0.4 is 15.1 Å².